The topological polar surface area (TPSA) is 80.4 Å². The van der Waals surface area contributed by atoms with Gasteiger partial charge in [0.15, 0.2) is 0 Å². The summed E-state index contributed by atoms with van der Waals surface area (Å²) in [5.41, 5.74) is 5.37. The van der Waals surface area contributed by atoms with E-state index in [9.17, 15) is 13.5 Å². The second-order valence-electron chi connectivity index (χ2n) is 5.41. The summed E-state index contributed by atoms with van der Waals surface area (Å²) < 4.78 is 23.4. The molecule has 1 aliphatic carbocycles. The Hall–Kier alpha value is -0.130. The molecule has 17 heavy (non-hydrogen) atoms. The van der Waals surface area contributed by atoms with E-state index in [1.54, 1.807) is 0 Å². The molecule has 0 heterocycles. The third kappa shape index (κ3) is 4.94. The van der Waals surface area contributed by atoms with Crippen LogP contribution in [0.3, 0.4) is 0 Å². The largest absolute Gasteiger partial charge is 0.396 e. The molecule has 1 aliphatic rings. The molecule has 0 aromatic carbocycles. The Bertz CT molecular complexity index is 319. The molecule has 5 heteroatoms. The molecule has 0 amide bonds. The smallest absolute Gasteiger partial charge is 0.150 e. The molecule has 102 valence electrons. The van der Waals surface area contributed by atoms with Crippen LogP contribution in [0, 0.1) is 11.3 Å². The van der Waals surface area contributed by atoms with Gasteiger partial charge in [-0.1, -0.05) is 19.8 Å². The van der Waals surface area contributed by atoms with Gasteiger partial charge in [-0.15, -0.1) is 0 Å². The van der Waals surface area contributed by atoms with Gasteiger partial charge in [-0.3, -0.25) is 0 Å². The highest BCUT2D eigenvalue weighted by Crippen LogP contribution is 2.41. The SMILES string of the molecule is CCCS(=O)(=O)CCC(CN)(CO)CC1CC1. The van der Waals surface area contributed by atoms with Crippen LogP contribution in [0.25, 0.3) is 0 Å². The molecule has 1 rings (SSSR count). The van der Waals surface area contributed by atoms with Crippen molar-refractivity contribution >= 4 is 9.84 Å². The minimum Gasteiger partial charge on any atom is -0.396 e. The molecule has 0 bridgehead atoms. The third-order valence-corrected chi connectivity index (χ3v) is 5.50. The second kappa shape index (κ2) is 6.16. The maximum Gasteiger partial charge on any atom is 0.150 e. The minimum atomic E-state index is -2.97. The second-order valence-corrected chi connectivity index (χ2v) is 7.72. The lowest BCUT2D eigenvalue weighted by Crippen LogP contribution is -2.37. The van der Waals surface area contributed by atoms with E-state index in [-0.39, 0.29) is 23.5 Å². The fourth-order valence-corrected chi connectivity index (χ4v) is 3.79. The zero-order valence-electron chi connectivity index (χ0n) is 10.7. The van der Waals surface area contributed by atoms with Crippen molar-refractivity contribution in [3.8, 4) is 0 Å². The number of hydrogen-bond donors (Lipinski definition) is 2. The van der Waals surface area contributed by atoms with Crippen molar-refractivity contribution in [2.45, 2.75) is 39.0 Å². The Balaban J connectivity index is 2.53. The van der Waals surface area contributed by atoms with Gasteiger partial charge in [-0.05, 0) is 25.2 Å². The molecule has 0 aliphatic heterocycles. The number of rotatable bonds is 9. The predicted octanol–water partition coefficient (Wildman–Crippen LogP) is 0.939. The lowest BCUT2D eigenvalue weighted by atomic mass is 9.81. The summed E-state index contributed by atoms with van der Waals surface area (Å²) >= 11 is 0. The third-order valence-electron chi connectivity index (χ3n) is 3.65. The van der Waals surface area contributed by atoms with Gasteiger partial charge in [-0.25, -0.2) is 8.42 Å². The van der Waals surface area contributed by atoms with Crippen LogP contribution in [0.15, 0.2) is 0 Å². The zero-order chi connectivity index (χ0) is 12.9. The molecule has 0 aromatic rings. The Morgan fingerprint density at radius 1 is 1.35 bits per heavy atom. The summed E-state index contributed by atoms with van der Waals surface area (Å²) in [6, 6.07) is 0. The summed E-state index contributed by atoms with van der Waals surface area (Å²) in [5.74, 6) is 1.05. The van der Waals surface area contributed by atoms with Crippen LogP contribution >= 0.6 is 0 Å². The highest BCUT2D eigenvalue weighted by atomic mass is 32.2. The maximum absolute atomic E-state index is 11.7. The molecule has 1 fully saturated rings. The summed E-state index contributed by atoms with van der Waals surface area (Å²) in [6.07, 6.45) is 4.42. The van der Waals surface area contributed by atoms with E-state index in [1.165, 1.54) is 12.8 Å². The van der Waals surface area contributed by atoms with Crippen LogP contribution in [0.1, 0.15) is 39.0 Å². The van der Waals surface area contributed by atoms with Crippen molar-refractivity contribution < 1.29 is 13.5 Å². The molecule has 1 saturated carbocycles. The standard InChI is InChI=1S/C12H25NO3S/c1-2-6-17(15,16)7-5-12(9-13,10-14)8-11-3-4-11/h11,14H,2-10,13H2,1H3. The molecule has 3 N–H and O–H groups in total. The van der Waals surface area contributed by atoms with Gasteiger partial charge in [0.2, 0.25) is 0 Å². The Morgan fingerprint density at radius 3 is 2.41 bits per heavy atom. The Morgan fingerprint density at radius 2 is 2.00 bits per heavy atom. The van der Waals surface area contributed by atoms with Crippen molar-refractivity contribution in [1.29, 1.82) is 0 Å². The fourth-order valence-electron chi connectivity index (χ4n) is 2.22. The summed E-state index contributed by atoms with van der Waals surface area (Å²) in [7, 11) is -2.97. The van der Waals surface area contributed by atoms with Gasteiger partial charge in [0.1, 0.15) is 9.84 Å². The lowest BCUT2D eigenvalue weighted by molar-refractivity contribution is 0.112. The van der Waals surface area contributed by atoms with Gasteiger partial charge < -0.3 is 10.8 Å². The first kappa shape index (κ1) is 14.9. The van der Waals surface area contributed by atoms with Gasteiger partial charge in [0.25, 0.3) is 0 Å². The average molecular weight is 263 g/mol. The van der Waals surface area contributed by atoms with Gasteiger partial charge in [0, 0.05) is 24.3 Å². The number of aliphatic hydroxyl groups excluding tert-OH is 1. The summed E-state index contributed by atoms with van der Waals surface area (Å²) in [4.78, 5) is 0. The van der Waals surface area contributed by atoms with E-state index < -0.39 is 9.84 Å². The van der Waals surface area contributed by atoms with Crippen LogP contribution in [0.2, 0.25) is 0 Å². The number of nitrogens with two attached hydrogens (primary N) is 1. The highest BCUT2D eigenvalue weighted by Gasteiger charge is 2.36. The fraction of sp³-hybridized carbons (Fsp3) is 1.00. The van der Waals surface area contributed by atoms with Gasteiger partial charge in [-0.2, -0.15) is 0 Å². The van der Waals surface area contributed by atoms with Crippen molar-refractivity contribution in [1.82, 2.24) is 0 Å². The van der Waals surface area contributed by atoms with E-state index in [0.717, 1.165) is 6.42 Å². The first-order valence-corrected chi connectivity index (χ1v) is 8.30. The van der Waals surface area contributed by atoms with Crippen LogP contribution in [0.4, 0.5) is 0 Å². The molecular formula is C12H25NO3S. The van der Waals surface area contributed by atoms with Crippen LogP contribution in [-0.4, -0.2) is 38.2 Å². The first-order valence-electron chi connectivity index (χ1n) is 6.48. The molecule has 1 atom stereocenters. The van der Waals surface area contributed by atoms with E-state index in [1.807, 2.05) is 6.92 Å². The van der Waals surface area contributed by atoms with E-state index in [0.29, 0.717) is 25.3 Å². The zero-order valence-corrected chi connectivity index (χ0v) is 11.5. The summed E-state index contributed by atoms with van der Waals surface area (Å²) in [6.45, 7) is 2.24. The summed E-state index contributed by atoms with van der Waals surface area (Å²) in [5, 5.41) is 9.51. The molecule has 0 radical (unpaired) electrons. The number of aliphatic hydroxyl groups is 1. The quantitative estimate of drug-likeness (QED) is 0.649. The molecule has 0 saturated heterocycles. The van der Waals surface area contributed by atoms with Crippen LogP contribution in [-0.2, 0) is 9.84 Å². The van der Waals surface area contributed by atoms with E-state index in [2.05, 4.69) is 0 Å². The molecule has 0 spiro atoms. The normalized spacial score (nSPS) is 20.2. The monoisotopic (exact) mass is 263 g/mol. The molecule has 0 aromatic heterocycles. The van der Waals surface area contributed by atoms with Crippen molar-refractivity contribution in [3.05, 3.63) is 0 Å². The Kier molecular flexibility index (Phi) is 5.41. The highest BCUT2D eigenvalue weighted by molar-refractivity contribution is 7.91. The number of sulfone groups is 1. The van der Waals surface area contributed by atoms with Crippen molar-refractivity contribution in [2.24, 2.45) is 17.1 Å². The van der Waals surface area contributed by atoms with Gasteiger partial charge in [0.05, 0.1) is 5.75 Å². The average Bonchev–Trinajstić information content (AvgIpc) is 3.08. The molecule has 4 nitrogen and oxygen atoms in total. The number of hydrogen-bond acceptors (Lipinski definition) is 4. The van der Waals surface area contributed by atoms with Crippen LogP contribution < -0.4 is 5.73 Å². The molecule has 1 unspecified atom stereocenters. The predicted molar refractivity (Wildman–Crippen MR) is 69.5 cm³/mol. The maximum atomic E-state index is 11.7. The van der Waals surface area contributed by atoms with Gasteiger partial charge >= 0.3 is 0 Å². The Labute approximate surface area is 105 Å². The van der Waals surface area contributed by atoms with Crippen molar-refractivity contribution in [3.63, 3.8) is 0 Å². The molecular weight excluding hydrogens is 238 g/mol. The lowest BCUT2D eigenvalue weighted by Gasteiger charge is -2.30. The van der Waals surface area contributed by atoms with Crippen LogP contribution in [0.5, 0.6) is 0 Å². The van der Waals surface area contributed by atoms with Crippen molar-refractivity contribution in [2.75, 3.05) is 24.7 Å². The minimum absolute atomic E-state index is 0.00163. The van der Waals surface area contributed by atoms with E-state index >= 15 is 0 Å². The first-order chi connectivity index (χ1) is 7.97. The van der Waals surface area contributed by atoms with E-state index in [4.69, 9.17) is 5.73 Å².